The molecule has 0 saturated heterocycles. The molecule has 72 valence electrons. The lowest BCUT2D eigenvalue weighted by atomic mass is 10.2. The normalized spacial score (nSPS) is 10.5. The van der Waals surface area contributed by atoms with Crippen LogP contribution < -0.4 is 4.74 Å². The summed E-state index contributed by atoms with van der Waals surface area (Å²) in [7, 11) is 0. The topological polar surface area (TPSA) is 35.0 Å². The van der Waals surface area contributed by atoms with Gasteiger partial charge in [0.1, 0.15) is 0 Å². The van der Waals surface area contributed by atoms with Crippen molar-refractivity contribution in [3.05, 3.63) is 16.4 Å². The van der Waals surface area contributed by atoms with Crippen molar-refractivity contribution >= 4 is 23.2 Å². The fraction of sp³-hybridized carbons (Fsp3) is 0.500. The van der Waals surface area contributed by atoms with Crippen molar-refractivity contribution < 1.29 is 4.74 Å². The van der Waals surface area contributed by atoms with Crippen LogP contribution in [0.2, 0.25) is 10.3 Å². The molecule has 0 amide bonds. The highest BCUT2D eigenvalue weighted by molar-refractivity contribution is 6.32. The van der Waals surface area contributed by atoms with E-state index in [2.05, 4.69) is 10.2 Å². The Kier molecular flexibility index (Phi) is 3.75. The maximum absolute atomic E-state index is 5.72. The Morgan fingerprint density at radius 1 is 1.38 bits per heavy atom. The fourth-order valence-electron chi connectivity index (χ4n) is 0.695. The standard InChI is InChI=1S/C8H10Cl2N2O/c1-5(2)4-13-6-3-7(9)11-12-8(6)10/h3,5H,4H2,1-2H3. The molecule has 0 spiro atoms. The van der Waals surface area contributed by atoms with Crippen molar-refractivity contribution in [3.8, 4) is 5.75 Å². The summed E-state index contributed by atoms with van der Waals surface area (Å²) in [6, 6.07) is 1.55. The van der Waals surface area contributed by atoms with Crippen LogP contribution in [-0.4, -0.2) is 16.8 Å². The number of hydrogen-bond donors (Lipinski definition) is 0. The summed E-state index contributed by atoms with van der Waals surface area (Å²) in [5.74, 6) is 0.915. The molecule has 0 bridgehead atoms. The largest absolute Gasteiger partial charge is 0.490 e. The first-order valence-electron chi connectivity index (χ1n) is 3.91. The highest BCUT2D eigenvalue weighted by Crippen LogP contribution is 2.23. The third-order valence-electron chi connectivity index (χ3n) is 1.26. The van der Waals surface area contributed by atoms with Crippen molar-refractivity contribution in [2.45, 2.75) is 13.8 Å². The number of ether oxygens (including phenoxy) is 1. The van der Waals surface area contributed by atoms with Crippen LogP contribution in [0.4, 0.5) is 0 Å². The van der Waals surface area contributed by atoms with Crippen molar-refractivity contribution in [1.29, 1.82) is 0 Å². The van der Waals surface area contributed by atoms with Gasteiger partial charge in [-0.3, -0.25) is 0 Å². The van der Waals surface area contributed by atoms with E-state index in [-0.39, 0.29) is 10.3 Å². The molecule has 1 rings (SSSR count). The van der Waals surface area contributed by atoms with Gasteiger partial charge in [0.15, 0.2) is 16.1 Å². The minimum Gasteiger partial charge on any atom is -0.490 e. The molecule has 0 aliphatic rings. The molecule has 0 aromatic carbocycles. The maximum atomic E-state index is 5.72. The minimum absolute atomic E-state index is 0.241. The Morgan fingerprint density at radius 3 is 2.69 bits per heavy atom. The Balaban J connectivity index is 2.70. The van der Waals surface area contributed by atoms with E-state index in [0.29, 0.717) is 18.3 Å². The summed E-state index contributed by atoms with van der Waals surface area (Å²) in [4.78, 5) is 0. The monoisotopic (exact) mass is 220 g/mol. The molecule has 0 N–H and O–H groups in total. The van der Waals surface area contributed by atoms with E-state index in [1.165, 1.54) is 0 Å². The average Bonchev–Trinajstić information content (AvgIpc) is 2.06. The van der Waals surface area contributed by atoms with E-state index in [9.17, 15) is 0 Å². The fourth-order valence-corrected chi connectivity index (χ4v) is 0.979. The van der Waals surface area contributed by atoms with E-state index in [4.69, 9.17) is 27.9 Å². The molecule has 3 nitrogen and oxygen atoms in total. The summed E-state index contributed by atoms with van der Waals surface area (Å²) < 4.78 is 5.36. The molecular weight excluding hydrogens is 211 g/mol. The second-order valence-electron chi connectivity index (χ2n) is 3.03. The molecule has 13 heavy (non-hydrogen) atoms. The number of nitrogens with zero attached hydrogens (tertiary/aromatic N) is 2. The van der Waals surface area contributed by atoms with Gasteiger partial charge in [-0.15, -0.1) is 10.2 Å². The van der Waals surface area contributed by atoms with Crippen LogP contribution in [0.15, 0.2) is 6.07 Å². The van der Waals surface area contributed by atoms with Crippen molar-refractivity contribution in [3.63, 3.8) is 0 Å². The van der Waals surface area contributed by atoms with Gasteiger partial charge in [0.2, 0.25) is 0 Å². The first kappa shape index (κ1) is 10.5. The zero-order valence-electron chi connectivity index (χ0n) is 7.42. The third kappa shape index (κ3) is 3.36. The van der Waals surface area contributed by atoms with Gasteiger partial charge in [0.25, 0.3) is 0 Å². The molecule has 0 aliphatic carbocycles. The summed E-state index contributed by atoms with van der Waals surface area (Å²) >= 11 is 11.3. The molecule has 0 fully saturated rings. The Morgan fingerprint density at radius 2 is 2.08 bits per heavy atom. The summed E-state index contributed by atoms with van der Waals surface area (Å²) in [5.41, 5.74) is 0. The number of rotatable bonds is 3. The first-order valence-corrected chi connectivity index (χ1v) is 4.66. The van der Waals surface area contributed by atoms with E-state index in [0.717, 1.165) is 0 Å². The highest BCUT2D eigenvalue weighted by Gasteiger charge is 2.05. The van der Waals surface area contributed by atoms with Crippen molar-refractivity contribution in [1.82, 2.24) is 10.2 Å². The van der Waals surface area contributed by atoms with Gasteiger partial charge in [-0.2, -0.15) is 0 Å². The predicted octanol–water partition coefficient (Wildman–Crippen LogP) is 2.82. The second kappa shape index (κ2) is 4.63. The molecule has 1 aromatic heterocycles. The second-order valence-corrected chi connectivity index (χ2v) is 3.77. The van der Waals surface area contributed by atoms with Crippen molar-refractivity contribution in [2.75, 3.05) is 6.61 Å². The Labute approximate surface area is 87.0 Å². The minimum atomic E-state index is 0.241. The first-order chi connectivity index (χ1) is 6.09. The lowest BCUT2D eigenvalue weighted by Gasteiger charge is -2.08. The summed E-state index contributed by atoms with van der Waals surface area (Å²) in [6.07, 6.45) is 0. The lowest BCUT2D eigenvalue weighted by molar-refractivity contribution is 0.270. The quantitative estimate of drug-likeness (QED) is 0.787. The maximum Gasteiger partial charge on any atom is 0.193 e. The molecule has 0 atom stereocenters. The molecule has 0 unspecified atom stereocenters. The van der Waals surface area contributed by atoms with Crippen LogP contribution in [-0.2, 0) is 0 Å². The summed E-state index contributed by atoms with van der Waals surface area (Å²) in [6.45, 7) is 4.68. The van der Waals surface area contributed by atoms with Gasteiger partial charge in [0, 0.05) is 6.07 Å². The van der Waals surface area contributed by atoms with Gasteiger partial charge in [-0.05, 0) is 5.92 Å². The van der Waals surface area contributed by atoms with Gasteiger partial charge >= 0.3 is 0 Å². The van der Waals surface area contributed by atoms with Crippen LogP contribution in [0, 0.1) is 5.92 Å². The number of halogens is 2. The molecular formula is C8H10Cl2N2O. The number of hydrogen-bond acceptors (Lipinski definition) is 3. The smallest absolute Gasteiger partial charge is 0.193 e. The van der Waals surface area contributed by atoms with Crippen LogP contribution in [0.1, 0.15) is 13.8 Å². The third-order valence-corrected chi connectivity index (χ3v) is 1.71. The van der Waals surface area contributed by atoms with E-state index < -0.39 is 0 Å². The molecule has 0 saturated carbocycles. The lowest BCUT2D eigenvalue weighted by Crippen LogP contribution is -2.05. The SMILES string of the molecule is CC(C)COc1cc(Cl)nnc1Cl. The van der Waals surface area contributed by atoms with Crippen LogP contribution >= 0.6 is 23.2 Å². The molecule has 1 heterocycles. The highest BCUT2D eigenvalue weighted by atomic mass is 35.5. The molecule has 0 radical (unpaired) electrons. The Bertz CT molecular complexity index is 291. The van der Waals surface area contributed by atoms with Crippen LogP contribution in [0.3, 0.4) is 0 Å². The van der Waals surface area contributed by atoms with Gasteiger partial charge in [-0.25, -0.2) is 0 Å². The van der Waals surface area contributed by atoms with Gasteiger partial charge in [-0.1, -0.05) is 37.0 Å². The molecule has 5 heteroatoms. The predicted molar refractivity (Wildman–Crippen MR) is 52.4 cm³/mol. The van der Waals surface area contributed by atoms with Gasteiger partial charge in [0.05, 0.1) is 6.61 Å². The van der Waals surface area contributed by atoms with E-state index in [1.54, 1.807) is 6.07 Å². The zero-order valence-corrected chi connectivity index (χ0v) is 8.93. The number of aromatic nitrogens is 2. The van der Waals surface area contributed by atoms with Crippen LogP contribution in [0.5, 0.6) is 5.75 Å². The zero-order chi connectivity index (χ0) is 9.84. The average molecular weight is 221 g/mol. The van der Waals surface area contributed by atoms with E-state index >= 15 is 0 Å². The van der Waals surface area contributed by atoms with Crippen molar-refractivity contribution in [2.24, 2.45) is 5.92 Å². The van der Waals surface area contributed by atoms with Gasteiger partial charge < -0.3 is 4.74 Å². The summed E-state index contributed by atoms with van der Waals surface area (Å²) in [5, 5.41) is 7.71. The molecule has 0 aliphatic heterocycles. The van der Waals surface area contributed by atoms with E-state index in [1.807, 2.05) is 13.8 Å². The van der Waals surface area contributed by atoms with Crippen LogP contribution in [0.25, 0.3) is 0 Å². The molecule has 1 aromatic rings. The Hall–Kier alpha value is -0.540.